The molecule has 1 amide bonds. The molecule has 0 spiro atoms. The molecule has 0 aromatic heterocycles. The smallest absolute Gasteiger partial charge is 0.347 e. The summed E-state index contributed by atoms with van der Waals surface area (Å²) < 4.78 is 10.7. The molecular formula is C28H25N5O9S. The Kier molecular flexibility index (Phi) is 11.5. The van der Waals surface area contributed by atoms with Gasteiger partial charge in [-0.05, 0) is 66.7 Å². The van der Waals surface area contributed by atoms with Gasteiger partial charge >= 0.3 is 17.9 Å². The standard InChI is InChI=1S/C28H25N5O9S/c29-26(43)17-5-10-21(11-6-17)41-28(38)22-16-20(9-12-23(22)42-25(36)2-1-15-33(39)40)32-31-19-7-3-18(4-8-19)27(37)30-14-13-24(34)35/h3-12,16H,1-2,13-15H2,(H2,29,43)(H,30,37)(H,34,35). The molecule has 3 aromatic carbocycles. The van der Waals surface area contributed by atoms with Crippen molar-refractivity contribution in [3.63, 3.8) is 0 Å². The van der Waals surface area contributed by atoms with Crippen molar-refractivity contribution < 1.29 is 38.7 Å². The van der Waals surface area contributed by atoms with Crippen LogP contribution in [-0.2, 0) is 9.59 Å². The van der Waals surface area contributed by atoms with Crippen molar-refractivity contribution in [3.05, 3.63) is 93.5 Å². The van der Waals surface area contributed by atoms with Crippen LogP contribution in [0.25, 0.3) is 0 Å². The SMILES string of the molecule is NC(=S)c1ccc(OC(=O)c2cc(N=Nc3ccc(C(=O)NCCC(=O)O)cc3)ccc2OC(=O)CCC[N+](=O)[O-])cc1. The molecule has 3 aromatic rings. The fourth-order valence-electron chi connectivity index (χ4n) is 3.38. The normalized spacial score (nSPS) is 10.6. The van der Waals surface area contributed by atoms with Crippen molar-refractivity contribution >= 4 is 52.4 Å². The Hall–Kier alpha value is -5.57. The van der Waals surface area contributed by atoms with Crippen LogP contribution in [0.5, 0.6) is 11.5 Å². The lowest BCUT2D eigenvalue weighted by Gasteiger charge is -2.11. The summed E-state index contributed by atoms with van der Waals surface area (Å²) in [6.45, 7) is -0.431. The van der Waals surface area contributed by atoms with Gasteiger partial charge in [-0.2, -0.15) is 10.2 Å². The molecule has 0 atom stereocenters. The molecule has 0 saturated heterocycles. The molecule has 3 rings (SSSR count). The third kappa shape index (κ3) is 10.4. The number of nitrogens with two attached hydrogens (primary N) is 1. The molecular weight excluding hydrogens is 582 g/mol. The van der Waals surface area contributed by atoms with Gasteiger partial charge in [0.25, 0.3) is 5.91 Å². The number of rotatable bonds is 14. The number of ether oxygens (including phenoxy) is 2. The van der Waals surface area contributed by atoms with Crippen molar-refractivity contribution in [1.82, 2.24) is 5.32 Å². The molecule has 0 radical (unpaired) electrons. The van der Waals surface area contributed by atoms with Crippen LogP contribution in [0.2, 0.25) is 0 Å². The van der Waals surface area contributed by atoms with Crippen LogP contribution in [-0.4, -0.2) is 51.9 Å². The van der Waals surface area contributed by atoms with E-state index >= 15 is 0 Å². The van der Waals surface area contributed by atoms with Gasteiger partial charge in [-0.15, -0.1) is 0 Å². The van der Waals surface area contributed by atoms with E-state index in [4.69, 9.17) is 32.5 Å². The van der Waals surface area contributed by atoms with Crippen LogP contribution < -0.4 is 20.5 Å². The first-order valence-corrected chi connectivity index (χ1v) is 13.0. The number of hydrogen-bond acceptors (Lipinski definition) is 11. The summed E-state index contributed by atoms with van der Waals surface area (Å²) in [5, 5.41) is 29.9. The lowest BCUT2D eigenvalue weighted by molar-refractivity contribution is -0.480. The second-order valence-corrected chi connectivity index (χ2v) is 9.18. The van der Waals surface area contributed by atoms with E-state index in [1.54, 1.807) is 12.1 Å². The number of hydrogen-bond donors (Lipinski definition) is 3. The van der Waals surface area contributed by atoms with Crippen molar-refractivity contribution in [2.45, 2.75) is 19.3 Å². The number of carbonyl (C=O) groups is 4. The number of nitrogens with one attached hydrogen (secondary N) is 1. The third-order valence-corrected chi connectivity index (χ3v) is 5.75. The first-order valence-electron chi connectivity index (χ1n) is 12.6. The minimum absolute atomic E-state index is 0.0162. The van der Waals surface area contributed by atoms with Crippen LogP contribution in [0.3, 0.4) is 0 Å². The highest BCUT2D eigenvalue weighted by Crippen LogP contribution is 2.28. The van der Waals surface area contributed by atoms with Gasteiger partial charge in [0.05, 0.1) is 24.2 Å². The highest BCUT2D eigenvalue weighted by Gasteiger charge is 2.19. The molecule has 0 bridgehead atoms. The zero-order chi connectivity index (χ0) is 31.4. The topological polar surface area (TPSA) is 213 Å². The number of aliphatic carboxylic acids is 1. The zero-order valence-corrected chi connectivity index (χ0v) is 23.2. The Morgan fingerprint density at radius 3 is 2.16 bits per heavy atom. The summed E-state index contributed by atoms with van der Waals surface area (Å²) in [6.07, 6.45) is -0.497. The van der Waals surface area contributed by atoms with Gasteiger partial charge in [-0.25, -0.2) is 4.79 Å². The number of nitro groups is 1. The minimum atomic E-state index is -1.03. The molecule has 43 heavy (non-hydrogen) atoms. The summed E-state index contributed by atoms with van der Waals surface area (Å²) in [7, 11) is 0. The Labute approximate surface area is 249 Å². The van der Waals surface area contributed by atoms with Gasteiger partial charge in [-0.1, -0.05) is 12.2 Å². The molecule has 0 unspecified atom stereocenters. The van der Waals surface area contributed by atoms with Gasteiger partial charge in [0, 0.05) is 29.0 Å². The van der Waals surface area contributed by atoms with E-state index in [9.17, 15) is 29.3 Å². The second kappa shape index (κ2) is 15.4. The van der Waals surface area contributed by atoms with Gasteiger partial charge in [0.15, 0.2) is 0 Å². The summed E-state index contributed by atoms with van der Waals surface area (Å²) in [5.74, 6) is -3.13. The maximum absolute atomic E-state index is 13.1. The van der Waals surface area contributed by atoms with Crippen molar-refractivity contribution in [2.24, 2.45) is 16.0 Å². The van der Waals surface area contributed by atoms with Crippen molar-refractivity contribution in [1.29, 1.82) is 0 Å². The highest BCUT2D eigenvalue weighted by molar-refractivity contribution is 7.80. The van der Waals surface area contributed by atoms with E-state index in [0.29, 0.717) is 16.8 Å². The number of amides is 1. The number of carboxylic acids is 1. The van der Waals surface area contributed by atoms with Crippen molar-refractivity contribution in [3.8, 4) is 11.5 Å². The van der Waals surface area contributed by atoms with E-state index in [2.05, 4.69) is 15.5 Å². The average Bonchev–Trinajstić information content (AvgIpc) is 2.96. The molecule has 0 aliphatic heterocycles. The molecule has 0 fully saturated rings. The monoisotopic (exact) mass is 607 g/mol. The summed E-state index contributed by atoms with van der Waals surface area (Å²) >= 11 is 4.92. The minimum Gasteiger partial charge on any atom is -0.481 e. The van der Waals surface area contributed by atoms with E-state index in [1.165, 1.54) is 54.6 Å². The van der Waals surface area contributed by atoms with Gasteiger partial charge < -0.3 is 25.6 Å². The maximum Gasteiger partial charge on any atom is 0.347 e. The Morgan fingerprint density at radius 2 is 1.53 bits per heavy atom. The van der Waals surface area contributed by atoms with Crippen LogP contribution in [0.1, 0.15) is 45.5 Å². The van der Waals surface area contributed by atoms with Gasteiger partial charge in [0.1, 0.15) is 22.1 Å². The molecule has 222 valence electrons. The molecule has 0 aliphatic carbocycles. The average molecular weight is 608 g/mol. The number of azo groups is 1. The predicted octanol–water partition coefficient (Wildman–Crippen LogP) is 4.12. The molecule has 0 saturated carbocycles. The number of benzene rings is 3. The first kappa shape index (κ1) is 32.0. The van der Waals surface area contributed by atoms with E-state index in [1.807, 2.05) is 0 Å². The number of thiocarbonyl (C=S) groups is 1. The largest absolute Gasteiger partial charge is 0.481 e. The molecule has 4 N–H and O–H groups in total. The molecule has 15 heteroatoms. The van der Waals surface area contributed by atoms with Crippen LogP contribution >= 0.6 is 12.2 Å². The number of nitrogens with zero attached hydrogens (tertiary/aromatic N) is 3. The Bertz CT molecular complexity index is 1560. The second-order valence-electron chi connectivity index (χ2n) is 8.74. The van der Waals surface area contributed by atoms with Gasteiger partial charge in [0.2, 0.25) is 6.54 Å². The van der Waals surface area contributed by atoms with Crippen molar-refractivity contribution in [2.75, 3.05) is 13.1 Å². The number of carboxylic acid groups (broad SMARTS) is 1. The maximum atomic E-state index is 13.1. The lowest BCUT2D eigenvalue weighted by atomic mass is 10.1. The van der Waals surface area contributed by atoms with Gasteiger partial charge in [-0.3, -0.25) is 24.5 Å². The van der Waals surface area contributed by atoms with Crippen LogP contribution in [0, 0.1) is 10.1 Å². The molecule has 0 heterocycles. The molecule has 14 nitrogen and oxygen atoms in total. The number of carbonyl (C=O) groups excluding carboxylic acids is 3. The summed E-state index contributed by atoms with van der Waals surface area (Å²) in [6, 6.07) is 16.1. The first-order chi connectivity index (χ1) is 20.5. The fraction of sp³-hybridized carbons (Fsp3) is 0.179. The van der Waals surface area contributed by atoms with E-state index < -0.39 is 35.3 Å². The third-order valence-electron chi connectivity index (χ3n) is 5.51. The predicted molar refractivity (Wildman–Crippen MR) is 156 cm³/mol. The summed E-state index contributed by atoms with van der Waals surface area (Å²) in [5.41, 5.74) is 6.84. The zero-order valence-electron chi connectivity index (χ0n) is 22.4. The highest BCUT2D eigenvalue weighted by atomic mass is 32.1. The quantitative estimate of drug-likeness (QED) is 0.0592. The fourth-order valence-corrected chi connectivity index (χ4v) is 3.52. The summed E-state index contributed by atoms with van der Waals surface area (Å²) in [4.78, 5) is 58.2. The molecule has 0 aliphatic rings. The number of esters is 2. The Morgan fingerprint density at radius 1 is 0.907 bits per heavy atom. The van der Waals surface area contributed by atoms with Crippen LogP contribution in [0.4, 0.5) is 11.4 Å². The Balaban J connectivity index is 1.78. The van der Waals surface area contributed by atoms with E-state index in [-0.39, 0.29) is 53.5 Å². The lowest BCUT2D eigenvalue weighted by Crippen LogP contribution is -2.25. The van der Waals surface area contributed by atoms with E-state index in [0.717, 1.165) is 0 Å². The van der Waals surface area contributed by atoms with Crippen LogP contribution in [0.15, 0.2) is 77.0 Å².